The van der Waals surface area contributed by atoms with Gasteiger partial charge in [-0.05, 0) is 65.9 Å². The van der Waals surface area contributed by atoms with Crippen molar-refractivity contribution in [3.63, 3.8) is 0 Å². The Morgan fingerprint density at radius 1 is 1.09 bits per heavy atom. The van der Waals surface area contributed by atoms with Crippen LogP contribution in [0.4, 0.5) is 23.7 Å². The van der Waals surface area contributed by atoms with Crippen molar-refractivity contribution in [2.75, 3.05) is 17.2 Å². The first-order valence-corrected chi connectivity index (χ1v) is 14.5. The molecule has 1 fully saturated rings. The molecule has 0 aliphatic carbocycles. The zero-order valence-corrected chi connectivity index (χ0v) is 24.5. The van der Waals surface area contributed by atoms with Crippen LogP contribution in [0.25, 0.3) is 23.2 Å². The van der Waals surface area contributed by atoms with E-state index in [1.807, 2.05) is 30.3 Å². The first kappa shape index (κ1) is 29.9. The molecule has 2 heterocycles. The van der Waals surface area contributed by atoms with Crippen LogP contribution in [0.5, 0.6) is 5.75 Å². The molecule has 1 aliphatic rings. The van der Waals surface area contributed by atoms with Crippen LogP contribution in [0.15, 0.2) is 84.2 Å². The van der Waals surface area contributed by atoms with E-state index in [4.69, 9.17) is 0 Å². The van der Waals surface area contributed by atoms with Crippen LogP contribution in [-0.2, 0) is 0 Å². The number of amidine groups is 1. The SMILES string of the molecule is Cc1cccc(N2CCS/C2=N\C(=O)N/C=C/c2ccc(-c3ncn(-c4ccc(OC(F)(F)F)cc4)n3)cc2)c1C(C)C. The van der Waals surface area contributed by atoms with Crippen molar-refractivity contribution in [2.24, 2.45) is 4.99 Å². The van der Waals surface area contributed by atoms with E-state index in [1.165, 1.54) is 46.4 Å². The number of anilines is 1. The molecule has 1 N–H and O–H groups in total. The summed E-state index contributed by atoms with van der Waals surface area (Å²) in [5.41, 5.74) is 5.70. The summed E-state index contributed by atoms with van der Waals surface area (Å²) in [6.07, 6.45) is 0.0396. The minimum absolute atomic E-state index is 0.314. The highest BCUT2D eigenvalue weighted by molar-refractivity contribution is 8.14. The molecule has 0 spiro atoms. The highest BCUT2D eigenvalue weighted by Gasteiger charge is 2.31. The number of amides is 2. The van der Waals surface area contributed by atoms with Gasteiger partial charge in [-0.25, -0.2) is 14.5 Å². The molecule has 1 saturated heterocycles. The Morgan fingerprint density at radius 3 is 2.53 bits per heavy atom. The monoisotopic (exact) mass is 606 g/mol. The van der Waals surface area contributed by atoms with Crippen LogP contribution >= 0.6 is 11.8 Å². The molecule has 1 aliphatic heterocycles. The summed E-state index contributed by atoms with van der Waals surface area (Å²) >= 11 is 1.56. The zero-order valence-electron chi connectivity index (χ0n) is 23.7. The van der Waals surface area contributed by atoms with Gasteiger partial charge in [0, 0.05) is 29.7 Å². The Kier molecular flexibility index (Phi) is 8.86. The molecule has 3 aromatic carbocycles. The maximum atomic E-state index is 12.6. The second-order valence-corrected chi connectivity index (χ2v) is 11.1. The van der Waals surface area contributed by atoms with Gasteiger partial charge in [-0.3, -0.25) is 0 Å². The van der Waals surface area contributed by atoms with Gasteiger partial charge in [-0.15, -0.1) is 18.3 Å². The van der Waals surface area contributed by atoms with E-state index in [9.17, 15) is 18.0 Å². The molecule has 0 unspecified atom stereocenters. The molecule has 2 amide bonds. The smallest absolute Gasteiger partial charge is 0.406 e. The van der Waals surface area contributed by atoms with E-state index in [0.29, 0.717) is 22.6 Å². The van der Waals surface area contributed by atoms with Crippen molar-refractivity contribution in [1.29, 1.82) is 0 Å². The molecule has 0 bridgehead atoms. The standard InChI is InChI=1S/C31H29F3N6O2S/c1-20(2)27-21(3)5-4-6-26(27)39-17-18-43-30(39)37-29(41)35-16-15-22-7-9-23(10-8-22)28-36-19-40(38-28)24-11-13-25(14-12-24)42-31(32,33)34/h4-16,19-20H,17-18H2,1-3H3,(H,35,41)/b16-15+,37-30-. The molecule has 8 nitrogen and oxygen atoms in total. The van der Waals surface area contributed by atoms with Crippen LogP contribution < -0.4 is 15.0 Å². The number of thioether (sulfide) groups is 1. The minimum Gasteiger partial charge on any atom is -0.406 e. The van der Waals surface area contributed by atoms with Gasteiger partial charge in [0.1, 0.15) is 12.1 Å². The maximum Gasteiger partial charge on any atom is 0.573 e. The molecule has 12 heteroatoms. The lowest BCUT2D eigenvalue weighted by Gasteiger charge is -2.24. The normalized spacial score (nSPS) is 14.7. The fraction of sp³-hybridized carbons (Fsp3) is 0.226. The summed E-state index contributed by atoms with van der Waals surface area (Å²) in [6, 6.07) is 18.5. The number of alkyl halides is 3. The highest BCUT2D eigenvalue weighted by atomic mass is 32.2. The predicted octanol–water partition coefficient (Wildman–Crippen LogP) is 7.55. The van der Waals surface area contributed by atoms with Crippen LogP contribution in [0.2, 0.25) is 0 Å². The topological polar surface area (TPSA) is 84.6 Å². The van der Waals surface area contributed by atoms with E-state index >= 15 is 0 Å². The van der Waals surface area contributed by atoms with Gasteiger partial charge in [0.15, 0.2) is 11.0 Å². The molecule has 0 atom stereocenters. The Balaban J connectivity index is 1.20. The summed E-state index contributed by atoms with van der Waals surface area (Å²) in [5, 5.41) is 7.81. The lowest BCUT2D eigenvalue weighted by molar-refractivity contribution is -0.274. The van der Waals surface area contributed by atoms with Gasteiger partial charge in [0.05, 0.1) is 5.69 Å². The number of carbonyl (C=O) groups is 1. The number of rotatable bonds is 7. The molecule has 1 aromatic heterocycles. The fourth-order valence-corrected chi connectivity index (χ4v) is 5.71. The third-order valence-corrected chi connectivity index (χ3v) is 7.58. The van der Waals surface area contributed by atoms with Gasteiger partial charge < -0.3 is 15.0 Å². The average molecular weight is 607 g/mol. The van der Waals surface area contributed by atoms with Crippen molar-refractivity contribution in [3.8, 4) is 22.8 Å². The molecular weight excluding hydrogens is 577 g/mol. The number of aryl methyl sites for hydroxylation is 1. The molecule has 5 rings (SSSR count). The Bertz CT molecular complexity index is 1650. The lowest BCUT2D eigenvalue weighted by atomic mass is 9.95. The van der Waals surface area contributed by atoms with E-state index in [1.54, 1.807) is 24.0 Å². The van der Waals surface area contributed by atoms with E-state index < -0.39 is 12.4 Å². The fourth-order valence-electron chi connectivity index (χ4n) is 4.76. The van der Waals surface area contributed by atoms with Gasteiger partial charge in [-0.2, -0.15) is 4.99 Å². The molecule has 0 radical (unpaired) electrons. The summed E-state index contributed by atoms with van der Waals surface area (Å²) < 4.78 is 42.5. The molecule has 222 valence electrons. The first-order chi connectivity index (χ1) is 20.6. The zero-order chi connectivity index (χ0) is 30.6. The predicted molar refractivity (Wildman–Crippen MR) is 164 cm³/mol. The number of aromatic nitrogens is 3. The maximum absolute atomic E-state index is 12.6. The minimum atomic E-state index is -4.75. The Labute approximate surface area is 251 Å². The molecule has 4 aromatic rings. The third kappa shape index (κ3) is 7.44. The number of aliphatic imine (C=N–C) groups is 1. The van der Waals surface area contributed by atoms with Gasteiger partial charge >= 0.3 is 12.4 Å². The third-order valence-electron chi connectivity index (χ3n) is 6.62. The number of urea groups is 1. The largest absolute Gasteiger partial charge is 0.573 e. The van der Waals surface area contributed by atoms with Crippen LogP contribution in [0.1, 0.15) is 36.5 Å². The Morgan fingerprint density at radius 2 is 1.84 bits per heavy atom. The van der Waals surface area contributed by atoms with Gasteiger partial charge in [0.25, 0.3) is 0 Å². The quantitative estimate of drug-likeness (QED) is 0.234. The van der Waals surface area contributed by atoms with E-state index in [-0.39, 0.29) is 5.75 Å². The number of ether oxygens (including phenoxy) is 1. The van der Waals surface area contributed by atoms with Crippen molar-refractivity contribution >= 4 is 34.7 Å². The van der Waals surface area contributed by atoms with Crippen LogP contribution in [0, 0.1) is 6.92 Å². The average Bonchev–Trinajstić information content (AvgIpc) is 3.63. The Hall–Kier alpha value is -4.58. The van der Waals surface area contributed by atoms with Crippen molar-refractivity contribution in [1.82, 2.24) is 20.1 Å². The molecular formula is C31H29F3N6O2S. The van der Waals surface area contributed by atoms with Gasteiger partial charge in [-0.1, -0.05) is 62.0 Å². The number of hydrogen-bond donors (Lipinski definition) is 1. The summed E-state index contributed by atoms with van der Waals surface area (Å²) in [7, 11) is 0. The van der Waals surface area contributed by atoms with E-state index in [0.717, 1.165) is 29.1 Å². The second kappa shape index (κ2) is 12.7. The van der Waals surface area contributed by atoms with E-state index in [2.05, 4.69) is 62.9 Å². The summed E-state index contributed by atoms with van der Waals surface area (Å²) in [6.45, 7) is 7.23. The molecule has 0 saturated carbocycles. The molecule has 43 heavy (non-hydrogen) atoms. The number of nitrogens with one attached hydrogen (secondary N) is 1. The van der Waals surface area contributed by atoms with Crippen molar-refractivity contribution in [2.45, 2.75) is 33.1 Å². The number of halogens is 3. The summed E-state index contributed by atoms with van der Waals surface area (Å²) in [4.78, 5) is 23.4. The number of benzene rings is 3. The van der Waals surface area contributed by atoms with Crippen LogP contribution in [0.3, 0.4) is 0 Å². The number of nitrogens with zero attached hydrogens (tertiary/aromatic N) is 5. The van der Waals surface area contributed by atoms with Crippen molar-refractivity contribution in [3.05, 3.63) is 95.9 Å². The second-order valence-electron chi connectivity index (χ2n) is 10.0. The van der Waals surface area contributed by atoms with Crippen LogP contribution in [-0.4, -0.2) is 44.6 Å². The first-order valence-electron chi connectivity index (χ1n) is 13.5. The summed E-state index contributed by atoms with van der Waals surface area (Å²) in [5.74, 6) is 1.34. The number of hydrogen-bond acceptors (Lipinski definition) is 5. The van der Waals surface area contributed by atoms with Crippen molar-refractivity contribution < 1.29 is 22.7 Å². The highest BCUT2D eigenvalue weighted by Crippen LogP contribution is 2.34. The lowest BCUT2D eigenvalue weighted by Crippen LogP contribution is -2.27. The van der Waals surface area contributed by atoms with Gasteiger partial charge in [0.2, 0.25) is 0 Å². The number of carbonyl (C=O) groups excluding carboxylic acids is 1.